The lowest BCUT2D eigenvalue weighted by Crippen LogP contribution is -2.42. The Bertz CT molecular complexity index is 870. The zero-order chi connectivity index (χ0) is 17.5. The highest BCUT2D eigenvalue weighted by Gasteiger charge is 2.08. The predicted molar refractivity (Wildman–Crippen MR) is 98.7 cm³/mol. The van der Waals surface area contributed by atoms with E-state index < -0.39 is 0 Å². The number of nitrogens with one attached hydrogen (secondary N) is 2. The van der Waals surface area contributed by atoms with E-state index >= 15 is 0 Å². The lowest BCUT2D eigenvalue weighted by atomic mass is 10.0. The molecule has 0 radical (unpaired) electrons. The van der Waals surface area contributed by atoms with Crippen LogP contribution in [0.15, 0.2) is 72.8 Å². The first-order valence-electron chi connectivity index (χ1n) is 8.30. The molecule has 0 heterocycles. The first-order valence-corrected chi connectivity index (χ1v) is 8.30. The average Bonchev–Trinajstić information content (AvgIpc) is 2.66. The molecule has 0 saturated carbocycles. The molecule has 0 bridgehead atoms. The van der Waals surface area contributed by atoms with Crippen LogP contribution in [0.3, 0.4) is 0 Å². The fraction of sp³-hybridized carbons (Fsp3) is 0.143. The van der Waals surface area contributed by atoms with Crippen LogP contribution in [0.2, 0.25) is 0 Å². The summed E-state index contributed by atoms with van der Waals surface area (Å²) in [6.45, 7) is 0. The van der Waals surface area contributed by atoms with Crippen LogP contribution in [0.25, 0.3) is 10.8 Å². The minimum Gasteiger partial charge on any atom is -0.273 e. The smallest absolute Gasteiger partial charge is 0.242 e. The monoisotopic (exact) mass is 332 g/mol. The Balaban J connectivity index is 1.50. The summed E-state index contributed by atoms with van der Waals surface area (Å²) in [6, 6.07) is 23.6. The number of rotatable bonds is 5. The van der Waals surface area contributed by atoms with Gasteiger partial charge in [0, 0.05) is 6.42 Å². The number of benzene rings is 3. The van der Waals surface area contributed by atoms with Crippen LogP contribution in [-0.4, -0.2) is 11.8 Å². The molecule has 25 heavy (non-hydrogen) atoms. The van der Waals surface area contributed by atoms with Crippen LogP contribution in [0.5, 0.6) is 0 Å². The lowest BCUT2D eigenvalue weighted by molar-refractivity contribution is -0.128. The van der Waals surface area contributed by atoms with Crippen molar-refractivity contribution in [3.8, 4) is 0 Å². The van der Waals surface area contributed by atoms with Crippen molar-refractivity contribution >= 4 is 22.6 Å². The van der Waals surface area contributed by atoms with Crippen molar-refractivity contribution in [3.05, 3.63) is 83.9 Å². The number of hydrazine groups is 1. The molecule has 3 aromatic carbocycles. The number of carbonyl (C=O) groups excluding carboxylic acids is 2. The molecule has 0 spiro atoms. The first-order chi connectivity index (χ1) is 12.2. The van der Waals surface area contributed by atoms with E-state index in [0.717, 1.165) is 21.9 Å². The molecule has 0 unspecified atom stereocenters. The van der Waals surface area contributed by atoms with E-state index in [2.05, 4.69) is 10.9 Å². The van der Waals surface area contributed by atoms with Crippen molar-refractivity contribution < 1.29 is 9.59 Å². The molecule has 0 atom stereocenters. The lowest BCUT2D eigenvalue weighted by Gasteiger charge is -2.09. The molecule has 126 valence electrons. The summed E-state index contributed by atoms with van der Waals surface area (Å²) >= 11 is 0. The highest BCUT2D eigenvalue weighted by atomic mass is 16.2. The molecule has 0 aliphatic rings. The third-order valence-corrected chi connectivity index (χ3v) is 4.06. The van der Waals surface area contributed by atoms with Gasteiger partial charge in [-0.15, -0.1) is 0 Å². The van der Waals surface area contributed by atoms with Gasteiger partial charge in [0.15, 0.2) is 0 Å². The molecule has 0 fully saturated rings. The number of aryl methyl sites for hydroxylation is 1. The molecule has 4 heteroatoms. The van der Waals surface area contributed by atoms with Gasteiger partial charge in [-0.1, -0.05) is 72.8 Å². The van der Waals surface area contributed by atoms with Gasteiger partial charge in [-0.2, -0.15) is 0 Å². The second kappa shape index (κ2) is 8.11. The average molecular weight is 332 g/mol. The maximum Gasteiger partial charge on any atom is 0.242 e. The number of amides is 2. The van der Waals surface area contributed by atoms with Gasteiger partial charge in [0.05, 0.1) is 6.42 Å². The summed E-state index contributed by atoms with van der Waals surface area (Å²) in [5.74, 6) is -0.431. The normalized spacial score (nSPS) is 10.4. The zero-order valence-corrected chi connectivity index (χ0v) is 13.9. The van der Waals surface area contributed by atoms with Crippen molar-refractivity contribution in [1.82, 2.24) is 10.9 Å². The van der Waals surface area contributed by atoms with Gasteiger partial charge >= 0.3 is 0 Å². The van der Waals surface area contributed by atoms with Crippen molar-refractivity contribution in [2.45, 2.75) is 19.3 Å². The number of carbonyl (C=O) groups is 2. The van der Waals surface area contributed by atoms with Crippen LogP contribution in [0, 0.1) is 0 Å². The third-order valence-electron chi connectivity index (χ3n) is 4.06. The van der Waals surface area contributed by atoms with Crippen LogP contribution in [0.1, 0.15) is 17.5 Å². The largest absolute Gasteiger partial charge is 0.273 e. The van der Waals surface area contributed by atoms with E-state index in [1.807, 2.05) is 72.8 Å². The molecule has 3 aromatic rings. The fourth-order valence-electron chi connectivity index (χ4n) is 2.77. The van der Waals surface area contributed by atoms with Crippen molar-refractivity contribution in [2.24, 2.45) is 0 Å². The predicted octanol–water partition coefficient (Wildman–Crippen LogP) is 3.16. The molecule has 0 aliphatic heterocycles. The highest BCUT2D eigenvalue weighted by molar-refractivity contribution is 5.90. The summed E-state index contributed by atoms with van der Waals surface area (Å²) in [5, 5.41) is 2.15. The van der Waals surface area contributed by atoms with Crippen molar-refractivity contribution in [3.63, 3.8) is 0 Å². The Labute approximate surface area is 146 Å². The standard InChI is InChI=1S/C21H20N2O2/c24-20(14-13-16-7-2-1-3-8-16)22-23-21(25)15-18-11-6-10-17-9-4-5-12-19(17)18/h1-12H,13-15H2,(H,22,24)(H,23,25). The van der Waals surface area contributed by atoms with Gasteiger partial charge in [-0.05, 0) is 28.3 Å². The van der Waals surface area contributed by atoms with Crippen LogP contribution in [-0.2, 0) is 22.4 Å². The Morgan fingerprint density at radius 2 is 1.40 bits per heavy atom. The molecule has 2 amide bonds. The Morgan fingerprint density at radius 3 is 2.24 bits per heavy atom. The SMILES string of the molecule is O=C(CCc1ccccc1)NNC(=O)Cc1cccc2ccccc12. The number of hydrogen-bond donors (Lipinski definition) is 2. The van der Waals surface area contributed by atoms with Gasteiger partial charge in [0.25, 0.3) is 0 Å². The maximum absolute atomic E-state index is 12.1. The molecular weight excluding hydrogens is 312 g/mol. The van der Waals surface area contributed by atoms with Crippen LogP contribution in [0.4, 0.5) is 0 Å². The van der Waals surface area contributed by atoms with Crippen LogP contribution < -0.4 is 10.9 Å². The highest BCUT2D eigenvalue weighted by Crippen LogP contribution is 2.18. The van der Waals surface area contributed by atoms with E-state index in [1.54, 1.807) is 0 Å². The van der Waals surface area contributed by atoms with E-state index in [4.69, 9.17) is 0 Å². The molecule has 0 saturated heterocycles. The second-order valence-corrected chi connectivity index (χ2v) is 5.90. The first kappa shape index (κ1) is 16.7. The number of hydrogen-bond acceptors (Lipinski definition) is 2. The summed E-state index contributed by atoms with van der Waals surface area (Å²) < 4.78 is 0. The summed E-state index contributed by atoms with van der Waals surface area (Å²) in [7, 11) is 0. The second-order valence-electron chi connectivity index (χ2n) is 5.90. The molecule has 0 aliphatic carbocycles. The van der Waals surface area contributed by atoms with Gasteiger partial charge < -0.3 is 0 Å². The van der Waals surface area contributed by atoms with Gasteiger partial charge in [0.1, 0.15) is 0 Å². The Kier molecular flexibility index (Phi) is 5.42. The Morgan fingerprint density at radius 1 is 0.720 bits per heavy atom. The van der Waals surface area contributed by atoms with Crippen molar-refractivity contribution in [1.29, 1.82) is 0 Å². The number of fused-ring (bicyclic) bond motifs is 1. The fourth-order valence-corrected chi connectivity index (χ4v) is 2.77. The minimum absolute atomic E-state index is 0.199. The summed E-state index contributed by atoms with van der Waals surface area (Å²) in [4.78, 5) is 24.0. The van der Waals surface area contributed by atoms with Gasteiger partial charge in [0.2, 0.25) is 11.8 Å². The molecule has 0 aromatic heterocycles. The molecule has 2 N–H and O–H groups in total. The van der Waals surface area contributed by atoms with E-state index in [-0.39, 0.29) is 18.2 Å². The Hall–Kier alpha value is -3.14. The van der Waals surface area contributed by atoms with Crippen molar-refractivity contribution in [2.75, 3.05) is 0 Å². The maximum atomic E-state index is 12.1. The van der Waals surface area contributed by atoms with Gasteiger partial charge in [-0.25, -0.2) is 0 Å². The van der Waals surface area contributed by atoms with E-state index in [9.17, 15) is 9.59 Å². The van der Waals surface area contributed by atoms with Crippen LogP contribution >= 0.6 is 0 Å². The van der Waals surface area contributed by atoms with E-state index in [0.29, 0.717) is 12.8 Å². The summed E-state index contributed by atoms with van der Waals surface area (Å²) in [5.41, 5.74) is 7.01. The van der Waals surface area contributed by atoms with E-state index in [1.165, 1.54) is 0 Å². The topological polar surface area (TPSA) is 58.2 Å². The molecular formula is C21H20N2O2. The third kappa shape index (κ3) is 4.67. The quantitative estimate of drug-likeness (QED) is 0.705. The molecule has 3 rings (SSSR count). The van der Waals surface area contributed by atoms with Gasteiger partial charge in [-0.3, -0.25) is 20.4 Å². The summed E-state index contributed by atoms with van der Waals surface area (Å²) in [6.07, 6.45) is 1.20. The zero-order valence-electron chi connectivity index (χ0n) is 13.9. The minimum atomic E-state index is -0.232. The molecule has 4 nitrogen and oxygen atoms in total.